The highest BCUT2D eigenvalue weighted by Gasteiger charge is 2.36. The lowest BCUT2D eigenvalue weighted by Crippen LogP contribution is -2.43. The van der Waals surface area contributed by atoms with Crippen molar-refractivity contribution in [2.24, 2.45) is 14.1 Å². The van der Waals surface area contributed by atoms with E-state index < -0.39 is 5.92 Å². The second-order valence-corrected chi connectivity index (χ2v) is 18.9. The summed E-state index contributed by atoms with van der Waals surface area (Å²) in [5.41, 5.74) is 12.0. The van der Waals surface area contributed by atoms with E-state index in [9.17, 15) is 28.7 Å². The van der Waals surface area contributed by atoms with Gasteiger partial charge in [0, 0.05) is 112 Å². The Hall–Kier alpha value is -7.04. The van der Waals surface area contributed by atoms with Crippen molar-refractivity contribution in [1.82, 2.24) is 23.8 Å². The highest BCUT2D eigenvalue weighted by atomic mass is 19.3. The first-order chi connectivity index (χ1) is 32.6. The number of hydrogen-bond acceptors (Lipinski definition) is 6. The molecule has 68 heavy (non-hydrogen) atoms. The third-order valence-corrected chi connectivity index (χ3v) is 14.6. The van der Waals surface area contributed by atoms with Crippen LogP contribution >= 0.6 is 0 Å². The van der Waals surface area contributed by atoms with E-state index in [1.54, 1.807) is 22.8 Å². The van der Waals surface area contributed by atoms with Crippen molar-refractivity contribution in [3.05, 3.63) is 153 Å². The average molecular weight is 918 g/mol. The Morgan fingerprint density at radius 2 is 1.50 bits per heavy atom. The minimum absolute atomic E-state index is 0.0201. The number of aromatic hydroxyl groups is 1. The van der Waals surface area contributed by atoms with Crippen LogP contribution < -0.4 is 5.32 Å². The number of benzene rings is 4. The number of carbonyl (C=O) groups is 3. The zero-order valence-corrected chi connectivity index (χ0v) is 39.3. The first kappa shape index (κ1) is 46.1. The number of phenolic OH excluding ortho intramolecular Hbond substituents is 1. The fraction of sp³-hybridized carbons (Fsp3) is 0.345. The lowest BCUT2D eigenvalue weighted by atomic mass is 9.87. The van der Waals surface area contributed by atoms with Crippen molar-refractivity contribution in [2.45, 2.75) is 84.4 Å². The molecule has 3 amide bonds. The zero-order chi connectivity index (χ0) is 48.0. The van der Waals surface area contributed by atoms with Crippen LogP contribution in [0.4, 0.5) is 14.5 Å². The van der Waals surface area contributed by atoms with Crippen LogP contribution in [0.25, 0.3) is 22.4 Å². The highest BCUT2D eigenvalue weighted by molar-refractivity contribution is 6.14. The largest absolute Gasteiger partial charge is 0.508 e. The van der Waals surface area contributed by atoms with Gasteiger partial charge in [0.25, 0.3) is 17.7 Å². The molecule has 0 radical (unpaired) electrons. The normalized spacial score (nSPS) is 16.8. The molecule has 9 rings (SSSR count). The predicted octanol–water partition coefficient (Wildman–Crippen LogP) is 9.13. The van der Waals surface area contributed by atoms with E-state index >= 15 is 4.79 Å². The summed E-state index contributed by atoms with van der Waals surface area (Å²) in [6, 6.07) is 30.5. The van der Waals surface area contributed by atoms with Gasteiger partial charge in [0.15, 0.2) is 0 Å². The summed E-state index contributed by atoms with van der Waals surface area (Å²) in [6.45, 7) is 8.60. The molecule has 3 aliphatic heterocycles. The number of nitriles is 1. The maximum atomic E-state index is 15.4. The first-order valence-corrected chi connectivity index (χ1v) is 23.4. The molecule has 350 valence electrons. The number of aromatic nitrogens is 2. The molecule has 4 aromatic carbocycles. The number of anilines is 1. The number of hydrogen-bond donors (Lipinski definition) is 2. The number of nitrogens with one attached hydrogen (secondary N) is 1. The van der Waals surface area contributed by atoms with Crippen molar-refractivity contribution in [3.8, 4) is 34.2 Å². The van der Waals surface area contributed by atoms with E-state index in [4.69, 9.17) is 0 Å². The topological polar surface area (TPSA) is 127 Å². The number of likely N-dealkylation sites (tertiary alicyclic amines) is 1. The van der Waals surface area contributed by atoms with Crippen LogP contribution in [0.15, 0.2) is 91.0 Å². The molecule has 2 aromatic heterocycles. The van der Waals surface area contributed by atoms with Crippen LogP contribution in [0.3, 0.4) is 0 Å². The van der Waals surface area contributed by atoms with Gasteiger partial charge in [-0.1, -0.05) is 48.5 Å². The highest BCUT2D eigenvalue weighted by Crippen LogP contribution is 2.44. The molecule has 1 fully saturated rings. The number of piperidine rings is 1. The molecule has 5 heterocycles. The average Bonchev–Trinajstić information content (AvgIpc) is 3.77. The van der Waals surface area contributed by atoms with E-state index in [-0.39, 0.29) is 48.8 Å². The number of alkyl halides is 2. The smallest absolute Gasteiger partial charge is 0.258 e. The number of carbonyl (C=O) groups excluding carboxylic acids is 3. The SMILES string of the molecule is Cc1c(-c2c(C(=O)Nc3ccc(O)cc3)c(C)n(C)c2-c2cc3c(cc2C(=O)N2Cc4ccccc4C[C@H]2C)CN(C(=O)Cc2ccc(CCN4CCC(F)(F)CC4)cc2)CC3)cc(C#N)n1C. The molecule has 0 spiro atoms. The quantitative estimate of drug-likeness (QED) is 0.132. The number of halogens is 2. The Kier molecular flexibility index (Phi) is 12.6. The van der Waals surface area contributed by atoms with E-state index in [2.05, 4.69) is 41.4 Å². The summed E-state index contributed by atoms with van der Waals surface area (Å²) in [6.07, 6.45) is 2.01. The second kappa shape index (κ2) is 18.6. The van der Waals surface area contributed by atoms with E-state index in [0.717, 1.165) is 39.9 Å². The minimum atomic E-state index is -2.57. The van der Waals surface area contributed by atoms with Crippen LogP contribution in [0.1, 0.15) is 90.9 Å². The molecule has 0 bridgehead atoms. The van der Waals surface area contributed by atoms with Crippen molar-refractivity contribution >= 4 is 23.4 Å². The summed E-state index contributed by atoms with van der Waals surface area (Å²) in [4.78, 5) is 49.9. The Bertz CT molecular complexity index is 2970. The number of phenols is 1. The summed E-state index contributed by atoms with van der Waals surface area (Å²) >= 11 is 0. The van der Waals surface area contributed by atoms with Gasteiger partial charge in [-0.25, -0.2) is 8.78 Å². The summed E-state index contributed by atoms with van der Waals surface area (Å²) < 4.78 is 31.1. The van der Waals surface area contributed by atoms with Crippen molar-refractivity contribution in [1.29, 1.82) is 5.26 Å². The molecule has 1 saturated heterocycles. The number of fused-ring (bicyclic) bond motifs is 2. The molecular weight excluding hydrogens is 861 g/mol. The number of amides is 3. The van der Waals surface area contributed by atoms with Crippen LogP contribution in [-0.4, -0.2) is 84.8 Å². The van der Waals surface area contributed by atoms with Crippen LogP contribution in [-0.2, 0) is 57.7 Å². The Balaban J connectivity index is 1.08. The van der Waals surface area contributed by atoms with Gasteiger partial charge in [-0.3, -0.25) is 14.4 Å². The maximum Gasteiger partial charge on any atom is 0.258 e. The van der Waals surface area contributed by atoms with Gasteiger partial charge in [-0.2, -0.15) is 5.26 Å². The molecule has 1 atom stereocenters. The van der Waals surface area contributed by atoms with Gasteiger partial charge >= 0.3 is 0 Å². The Morgan fingerprint density at radius 1 is 0.809 bits per heavy atom. The Morgan fingerprint density at radius 3 is 2.19 bits per heavy atom. The van der Waals surface area contributed by atoms with Gasteiger partial charge < -0.3 is 34.3 Å². The third kappa shape index (κ3) is 9.05. The minimum Gasteiger partial charge on any atom is -0.508 e. The van der Waals surface area contributed by atoms with Gasteiger partial charge in [0.05, 0.1) is 17.7 Å². The fourth-order valence-corrected chi connectivity index (χ4v) is 10.3. The molecule has 0 aliphatic carbocycles. The molecule has 6 aromatic rings. The summed E-state index contributed by atoms with van der Waals surface area (Å²) in [7, 11) is 3.72. The van der Waals surface area contributed by atoms with Crippen LogP contribution in [0.2, 0.25) is 0 Å². The zero-order valence-electron chi connectivity index (χ0n) is 39.3. The van der Waals surface area contributed by atoms with Crippen molar-refractivity contribution in [2.75, 3.05) is 31.5 Å². The standard InChI is InChI=1S/C55H57F2N7O4/c1-34-26-39-8-6-7-9-41(39)33-64(34)54(68)48-29-42-32-63(49(66)27-38-12-10-37(11-13-38)18-22-62-24-20-55(56,57)21-25-62)23-19-40(42)28-47(48)52-51(46-30-44(31-58)60(4)35(46)2)50(36(3)61(52)5)53(67)59-43-14-16-45(65)17-15-43/h6-17,28-30,34,65H,18-27,32-33H2,1-5H3,(H,59,67)/t34-/m1/s1. The molecular formula is C55H57F2N7O4. The number of nitrogens with zero attached hydrogens (tertiary/aromatic N) is 6. The summed E-state index contributed by atoms with van der Waals surface area (Å²) in [5.74, 6) is -3.05. The summed E-state index contributed by atoms with van der Waals surface area (Å²) in [5, 5.41) is 23.2. The van der Waals surface area contributed by atoms with E-state index in [1.807, 2.05) is 84.8 Å². The molecule has 0 saturated carbocycles. The monoisotopic (exact) mass is 917 g/mol. The second-order valence-electron chi connectivity index (χ2n) is 18.9. The molecule has 2 N–H and O–H groups in total. The van der Waals surface area contributed by atoms with Crippen LogP contribution in [0, 0.1) is 25.2 Å². The third-order valence-electron chi connectivity index (χ3n) is 14.6. The number of rotatable bonds is 10. The fourth-order valence-electron chi connectivity index (χ4n) is 10.3. The van der Waals surface area contributed by atoms with Crippen molar-refractivity contribution in [3.63, 3.8) is 0 Å². The predicted molar refractivity (Wildman–Crippen MR) is 259 cm³/mol. The molecule has 11 nitrogen and oxygen atoms in total. The van der Waals surface area contributed by atoms with Crippen LogP contribution in [0.5, 0.6) is 5.75 Å². The molecule has 0 unspecified atom stereocenters. The van der Waals surface area contributed by atoms with Crippen molar-refractivity contribution < 1.29 is 28.3 Å². The molecule has 3 aliphatic rings. The van der Waals surface area contributed by atoms with Gasteiger partial charge in [0.2, 0.25) is 5.91 Å². The maximum absolute atomic E-state index is 15.4. The Labute approximate surface area is 396 Å². The van der Waals surface area contributed by atoms with Gasteiger partial charge in [0.1, 0.15) is 17.5 Å². The first-order valence-electron chi connectivity index (χ1n) is 23.4. The molecule has 13 heteroatoms. The van der Waals surface area contributed by atoms with Gasteiger partial charge in [-0.05, 0) is 116 Å². The van der Waals surface area contributed by atoms with Gasteiger partial charge in [-0.15, -0.1) is 0 Å². The van der Waals surface area contributed by atoms with E-state index in [0.29, 0.717) is 103 Å². The van der Waals surface area contributed by atoms with E-state index in [1.165, 1.54) is 17.7 Å². The lowest BCUT2D eigenvalue weighted by molar-refractivity contribution is -0.131. The lowest BCUT2D eigenvalue weighted by Gasteiger charge is -2.36.